The maximum atomic E-state index is 13.1. The number of hydrogen-bond donors (Lipinski definition) is 0. The first kappa shape index (κ1) is 19.3. The van der Waals surface area contributed by atoms with Crippen LogP contribution in [0, 0.1) is 0 Å². The zero-order chi connectivity index (χ0) is 19.3. The summed E-state index contributed by atoms with van der Waals surface area (Å²) in [6.45, 7) is 3.82. The lowest BCUT2D eigenvalue weighted by Crippen LogP contribution is -2.52. The molecular formula is C22H23O5-. The molecule has 3 unspecified atom stereocenters. The van der Waals surface area contributed by atoms with E-state index in [1.807, 2.05) is 60.7 Å². The van der Waals surface area contributed by atoms with E-state index in [-0.39, 0.29) is 18.8 Å². The molecule has 1 aliphatic rings. The SMILES string of the molecule is CCOC(=O)C1=CC([O-])(OCC)OC(c2ccccc2)C1c1ccccc1. The minimum absolute atomic E-state index is 0.160. The highest BCUT2D eigenvalue weighted by atomic mass is 16.8. The van der Waals surface area contributed by atoms with Crippen molar-refractivity contribution in [2.45, 2.75) is 31.8 Å². The van der Waals surface area contributed by atoms with E-state index < -0.39 is 24.0 Å². The largest absolute Gasteiger partial charge is 0.803 e. The van der Waals surface area contributed by atoms with Gasteiger partial charge in [0.2, 0.25) is 0 Å². The van der Waals surface area contributed by atoms with Gasteiger partial charge in [-0.2, -0.15) is 0 Å². The van der Waals surface area contributed by atoms with Crippen LogP contribution in [0.5, 0.6) is 0 Å². The lowest BCUT2D eigenvalue weighted by Gasteiger charge is -2.47. The van der Waals surface area contributed by atoms with Crippen LogP contribution >= 0.6 is 0 Å². The standard InChI is InChI=1S/C22H23O5/c1-3-25-21(23)18-15-22(24,26-4-2)27-20(17-13-9-6-10-14-17)19(18)16-11-7-5-8-12-16/h5-15,19-20H,3-4H2,1-2H3/q-1. The minimum atomic E-state index is -2.25. The number of esters is 1. The Balaban J connectivity index is 2.15. The number of ether oxygens (including phenoxy) is 3. The summed E-state index contributed by atoms with van der Waals surface area (Å²) in [4.78, 5) is 12.7. The number of carbonyl (C=O) groups excluding carboxylic acids is 1. The van der Waals surface area contributed by atoms with Gasteiger partial charge in [0.15, 0.2) is 0 Å². The minimum Gasteiger partial charge on any atom is -0.803 e. The average Bonchev–Trinajstić information content (AvgIpc) is 2.69. The monoisotopic (exact) mass is 367 g/mol. The molecule has 0 N–H and O–H groups in total. The van der Waals surface area contributed by atoms with Crippen molar-refractivity contribution in [1.29, 1.82) is 0 Å². The maximum Gasteiger partial charge on any atom is 0.334 e. The zero-order valence-electron chi connectivity index (χ0n) is 15.5. The molecular weight excluding hydrogens is 344 g/mol. The molecule has 0 fully saturated rings. The molecule has 0 saturated heterocycles. The third-order valence-corrected chi connectivity index (χ3v) is 4.40. The van der Waals surface area contributed by atoms with Crippen LogP contribution in [-0.4, -0.2) is 25.2 Å². The Kier molecular flexibility index (Phi) is 6.06. The number of carbonyl (C=O) groups is 1. The highest BCUT2D eigenvalue weighted by Crippen LogP contribution is 2.45. The maximum absolute atomic E-state index is 13.1. The van der Waals surface area contributed by atoms with Crippen LogP contribution in [0.1, 0.15) is 37.0 Å². The van der Waals surface area contributed by atoms with Crippen molar-refractivity contribution < 1.29 is 24.1 Å². The molecule has 2 aromatic rings. The molecule has 27 heavy (non-hydrogen) atoms. The number of benzene rings is 2. The molecule has 3 atom stereocenters. The van der Waals surface area contributed by atoms with Crippen molar-refractivity contribution in [1.82, 2.24) is 0 Å². The third-order valence-electron chi connectivity index (χ3n) is 4.40. The van der Waals surface area contributed by atoms with E-state index in [2.05, 4.69) is 0 Å². The molecule has 0 bridgehead atoms. The Morgan fingerprint density at radius 3 is 2.15 bits per heavy atom. The Labute approximate surface area is 159 Å². The van der Waals surface area contributed by atoms with Gasteiger partial charge in [0.25, 0.3) is 0 Å². The van der Waals surface area contributed by atoms with Gasteiger partial charge in [-0.05, 0) is 31.1 Å². The van der Waals surface area contributed by atoms with Gasteiger partial charge in [-0.25, -0.2) is 4.79 Å². The number of hydrogen-bond acceptors (Lipinski definition) is 5. The molecule has 0 radical (unpaired) electrons. The Morgan fingerprint density at radius 2 is 1.59 bits per heavy atom. The van der Waals surface area contributed by atoms with E-state index in [1.165, 1.54) is 6.08 Å². The fraction of sp³-hybridized carbons (Fsp3) is 0.318. The summed E-state index contributed by atoms with van der Waals surface area (Å²) in [5.74, 6) is -3.26. The van der Waals surface area contributed by atoms with E-state index >= 15 is 0 Å². The van der Waals surface area contributed by atoms with Crippen molar-refractivity contribution in [3.63, 3.8) is 0 Å². The van der Waals surface area contributed by atoms with Crippen molar-refractivity contribution in [2.75, 3.05) is 13.2 Å². The fourth-order valence-corrected chi connectivity index (χ4v) is 3.32. The lowest BCUT2D eigenvalue weighted by molar-refractivity contribution is -0.621. The van der Waals surface area contributed by atoms with Crippen molar-refractivity contribution >= 4 is 5.97 Å². The second-order valence-corrected chi connectivity index (χ2v) is 6.19. The first-order valence-corrected chi connectivity index (χ1v) is 9.10. The topological polar surface area (TPSA) is 67.8 Å². The summed E-state index contributed by atoms with van der Waals surface area (Å²) in [6, 6.07) is 18.9. The van der Waals surface area contributed by atoms with Gasteiger partial charge >= 0.3 is 5.97 Å². The van der Waals surface area contributed by atoms with Crippen LogP contribution in [0.15, 0.2) is 72.3 Å². The van der Waals surface area contributed by atoms with E-state index in [1.54, 1.807) is 13.8 Å². The molecule has 2 aromatic carbocycles. The third kappa shape index (κ3) is 4.27. The Morgan fingerprint density at radius 1 is 1.00 bits per heavy atom. The molecule has 0 amide bonds. The predicted molar refractivity (Wildman–Crippen MR) is 98.5 cm³/mol. The van der Waals surface area contributed by atoms with Crippen LogP contribution in [0.25, 0.3) is 0 Å². The zero-order valence-corrected chi connectivity index (χ0v) is 15.5. The van der Waals surface area contributed by atoms with Crippen LogP contribution in [0.4, 0.5) is 0 Å². The molecule has 142 valence electrons. The van der Waals surface area contributed by atoms with Crippen LogP contribution < -0.4 is 5.11 Å². The summed E-state index contributed by atoms with van der Waals surface area (Å²) in [7, 11) is 0. The summed E-state index contributed by atoms with van der Waals surface area (Å²) in [5, 5.41) is 13.1. The molecule has 1 heterocycles. The molecule has 1 aliphatic heterocycles. The first-order chi connectivity index (χ1) is 13.1. The molecule has 5 heteroatoms. The van der Waals surface area contributed by atoms with E-state index in [0.717, 1.165) is 11.1 Å². The molecule has 5 nitrogen and oxygen atoms in total. The van der Waals surface area contributed by atoms with Crippen molar-refractivity contribution in [2.24, 2.45) is 0 Å². The molecule has 3 rings (SSSR count). The van der Waals surface area contributed by atoms with Gasteiger partial charge in [-0.15, -0.1) is 0 Å². The van der Waals surface area contributed by atoms with Gasteiger partial charge in [0.1, 0.15) is 5.97 Å². The average molecular weight is 367 g/mol. The summed E-state index contributed by atoms with van der Waals surface area (Å²) >= 11 is 0. The molecule has 0 saturated carbocycles. The molecule has 0 aliphatic carbocycles. The van der Waals surface area contributed by atoms with Gasteiger partial charge in [-0.1, -0.05) is 60.7 Å². The first-order valence-electron chi connectivity index (χ1n) is 9.10. The van der Waals surface area contributed by atoms with E-state index in [4.69, 9.17) is 14.2 Å². The molecule has 0 aromatic heterocycles. The van der Waals surface area contributed by atoms with Crippen molar-refractivity contribution in [3.05, 3.63) is 83.4 Å². The quantitative estimate of drug-likeness (QED) is 0.580. The summed E-state index contributed by atoms with van der Waals surface area (Å²) in [6.07, 6.45) is 0.535. The summed E-state index contributed by atoms with van der Waals surface area (Å²) in [5.41, 5.74) is 1.91. The van der Waals surface area contributed by atoms with Crippen LogP contribution in [-0.2, 0) is 19.0 Å². The Hall–Kier alpha value is -2.47. The van der Waals surface area contributed by atoms with Gasteiger partial charge in [-0.3, -0.25) is 0 Å². The van der Waals surface area contributed by atoms with Gasteiger partial charge in [0.05, 0.1) is 12.7 Å². The van der Waals surface area contributed by atoms with Crippen LogP contribution in [0.3, 0.4) is 0 Å². The predicted octanol–water partition coefficient (Wildman–Crippen LogP) is 3.08. The lowest BCUT2D eigenvalue weighted by atomic mass is 9.81. The van der Waals surface area contributed by atoms with Gasteiger partial charge < -0.3 is 19.3 Å². The second kappa shape index (κ2) is 8.48. The van der Waals surface area contributed by atoms with Crippen molar-refractivity contribution in [3.8, 4) is 0 Å². The van der Waals surface area contributed by atoms with Crippen LogP contribution in [0.2, 0.25) is 0 Å². The Bertz CT molecular complexity index is 787. The normalized spacial score (nSPS) is 24.9. The highest BCUT2D eigenvalue weighted by molar-refractivity contribution is 5.91. The summed E-state index contributed by atoms with van der Waals surface area (Å²) < 4.78 is 16.4. The molecule has 0 spiro atoms. The highest BCUT2D eigenvalue weighted by Gasteiger charge is 2.41. The number of rotatable bonds is 6. The fourth-order valence-electron chi connectivity index (χ4n) is 3.32. The van der Waals surface area contributed by atoms with E-state index in [9.17, 15) is 9.90 Å². The van der Waals surface area contributed by atoms with Gasteiger partial charge in [0, 0.05) is 18.1 Å². The van der Waals surface area contributed by atoms with E-state index in [0.29, 0.717) is 0 Å². The smallest absolute Gasteiger partial charge is 0.334 e. The second-order valence-electron chi connectivity index (χ2n) is 6.19.